The van der Waals surface area contributed by atoms with E-state index in [1.807, 2.05) is 20.8 Å². The second-order valence-electron chi connectivity index (χ2n) is 5.54. The Bertz CT molecular complexity index is 306. The summed E-state index contributed by atoms with van der Waals surface area (Å²) >= 11 is 0. The number of ether oxygens (including phenoxy) is 2. The van der Waals surface area contributed by atoms with Gasteiger partial charge in [0.15, 0.2) is 0 Å². The minimum absolute atomic E-state index is 0.239. The van der Waals surface area contributed by atoms with Crippen LogP contribution < -0.4 is 5.73 Å². The molecule has 1 saturated heterocycles. The van der Waals surface area contributed by atoms with E-state index in [-0.39, 0.29) is 18.4 Å². The number of rotatable bonds is 5. The van der Waals surface area contributed by atoms with Gasteiger partial charge in [0.2, 0.25) is 5.91 Å². The number of carbonyl (C=O) groups excluding carboxylic acids is 2. The lowest BCUT2D eigenvalue weighted by Crippen LogP contribution is -2.53. The van der Waals surface area contributed by atoms with Gasteiger partial charge in [-0.1, -0.05) is 0 Å². The number of hydrogen-bond acceptors (Lipinski definition) is 4. The topological polar surface area (TPSA) is 81.9 Å². The molecule has 0 aliphatic carbocycles. The van der Waals surface area contributed by atoms with E-state index in [2.05, 4.69) is 0 Å². The summed E-state index contributed by atoms with van der Waals surface area (Å²) in [4.78, 5) is 23.7. The van der Waals surface area contributed by atoms with Crippen LogP contribution in [0.5, 0.6) is 0 Å². The molecule has 0 bridgehead atoms. The van der Waals surface area contributed by atoms with Crippen LogP contribution in [0.1, 0.15) is 27.2 Å². The molecule has 0 aromatic rings. The van der Waals surface area contributed by atoms with Crippen LogP contribution in [0.4, 0.5) is 4.79 Å². The fraction of sp³-hybridized carbons (Fsp3) is 0.833. The number of likely N-dealkylation sites (tertiary alicyclic amines) is 1. The zero-order valence-corrected chi connectivity index (χ0v) is 11.3. The van der Waals surface area contributed by atoms with E-state index in [9.17, 15) is 9.59 Å². The summed E-state index contributed by atoms with van der Waals surface area (Å²) in [6.07, 6.45) is -0.0430. The minimum Gasteiger partial charge on any atom is -0.444 e. The standard InChI is InChI=1S/C12H22N2O4/c1-12(2,3)18-11(16)14-6-9(7-14)8-17-5-4-10(13)15/h9H,4-8H2,1-3H3,(H2,13,15). The maximum absolute atomic E-state index is 11.6. The molecule has 0 radical (unpaired) electrons. The molecular weight excluding hydrogens is 236 g/mol. The van der Waals surface area contributed by atoms with E-state index in [1.54, 1.807) is 4.90 Å². The summed E-state index contributed by atoms with van der Waals surface area (Å²) in [7, 11) is 0. The average Bonchev–Trinajstić information content (AvgIpc) is 2.10. The molecule has 1 aliphatic rings. The lowest BCUT2D eigenvalue weighted by Gasteiger charge is -2.39. The molecule has 2 amide bonds. The van der Waals surface area contributed by atoms with Crippen LogP contribution in [-0.4, -0.2) is 48.8 Å². The summed E-state index contributed by atoms with van der Waals surface area (Å²) in [5, 5.41) is 0. The normalized spacial score (nSPS) is 16.3. The van der Waals surface area contributed by atoms with Gasteiger partial charge >= 0.3 is 6.09 Å². The van der Waals surface area contributed by atoms with Gasteiger partial charge in [-0.15, -0.1) is 0 Å². The van der Waals surface area contributed by atoms with Crippen molar-refractivity contribution in [2.45, 2.75) is 32.8 Å². The third-order valence-electron chi connectivity index (χ3n) is 2.46. The molecule has 104 valence electrons. The molecule has 2 N–H and O–H groups in total. The predicted molar refractivity (Wildman–Crippen MR) is 65.9 cm³/mol. The van der Waals surface area contributed by atoms with Gasteiger partial charge in [-0.25, -0.2) is 4.79 Å². The first-order chi connectivity index (χ1) is 8.28. The summed E-state index contributed by atoms with van der Waals surface area (Å²) in [5.74, 6) is -0.0376. The maximum atomic E-state index is 11.6. The summed E-state index contributed by atoms with van der Waals surface area (Å²) in [6, 6.07) is 0. The van der Waals surface area contributed by atoms with Gasteiger partial charge < -0.3 is 20.1 Å². The van der Waals surface area contributed by atoms with Crippen LogP contribution in [0.15, 0.2) is 0 Å². The zero-order valence-electron chi connectivity index (χ0n) is 11.3. The Labute approximate surface area is 107 Å². The van der Waals surface area contributed by atoms with Gasteiger partial charge in [0.1, 0.15) is 5.60 Å². The summed E-state index contributed by atoms with van der Waals surface area (Å²) < 4.78 is 10.5. The lowest BCUT2D eigenvalue weighted by atomic mass is 10.0. The minimum atomic E-state index is -0.458. The molecular formula is C12H22N2O4. The van der Waals surface area contributed by atoms with Gasteiger partial charge in [0.05, 0.1) is 13.2 Å². The molecule has 1 rings (SSSR count). The van der Waals surface area contributed by atoms with Crippen molar-refractivity contribution < 1.29 is 19.1 Å². The van der Waals surface area contributed by atoms with Crippen LogP contribution in [-0.2, 0) is 14.3 Å². The molecule has 0 atom stereocenters. The highest BCUT2D eigenvalue weighted by Gasteiger charge is 2.33. The Balaban J connectivity index is 2.09. The molecule has 0 aromatic heterocycles. The second-order valence-corrected chi connectivity index (χ2v) is 5.54. The Kier molecular flexibility index (Phi) is 4.95. The highest BCUT2D eigenvalue weighted by atomic mass is 16.6. The maximum Gasteiger partial charge on any atom is 0.410 e. The van der Waals surface area contributed by atoms with E-state index in [4.69, 9.17) is 15.2 Å². The second kappa shape index (κ2) is 6.04. The highest BCUT2D eigenvalue weighted by Crippen LogP contribution is 2.19. The first-order valence-electron chi connectivity index (χ1n) is 6.12. The lowest BCUT2D eigenvalue weighted by molar-refractivity contribution is -0.119. The third kappa shape index (κ3) is 5.35. The zero-order chi connectivity index (χ0) is 13.8. The number of nitrogens with zero attached hydrogens (tertiary/aromatic N) is 1. The van der Waals surface area contributed by atoms with E-state index < -0.39 is 5.60 Å². The van der Waals surface area contributed by atoms with Gasteiger partial charge in [0.25, 0.3) is 0 Å². The summed E-state index contributed by atoms with van der Waals surface area (Å²) in [5.41, 5.74) is 4.53. The third-order valence-corrected chi connectivity index (χ3v) is 2.46. The predicted octanol–water partition coefficient (Wildman–Crippen LogP) is 0.745. The quantitative estimate of drug-likeness (QED) is 0.737. The monoisotopic (exact) mass is 258 g/mol. The Morgan fingerprint density at radius 3 is 2.44 bits per heavy atom. The van der Waals surface area contributed by atoms with Crippen LogP contribution >= 0.6 is 0 Å². The number of hydrogen-bond donors (Lipinski definition) is 1. The van der Waals surface area contributed by atoms with Crippen molar-refractivity contribution >= 4 is 12.0 Å². The van der Waals surface area contributed by atoms with Crippen molar-refractivity contribution in [1.82, 2.24) is 4.90 Å². The van der Waals surface area contributed by atoms with Crippen LogP contribution in [0.25, 0.3) is 0 Å². The Morgan fingerprint density at radius 1 is 1.33 bits per heavy atom. The number of primary amides is 1. The van der Waals surface area contributed by atoms with Gasteiger partial charge in [0, 0.05) is 25.4 Å². The number of amides is 2. The molecule has 1 aliphatic heterocycles. The number of nitrogens with two attached hydrogens (primary N) is 1. The van der Waals surface area contributed by atoms with E-state index >= 15 is 0 Å². The smallest absolute Gasteiger partial charge is 0.410 e. The van der Waals surface area contributed by atoms with Crippen molar-refractivity contribution in [3.05, 3.63) is 0 Å². The highest BCUT2D eigenvalue weighted by molar-refractivity contribution is 5.73. The first-order valence-corrected chi connectivity index (χ1v) is 6.12. The molecule has 0 unspecified atom stereocenters. The van der Waals surface area contributed by atoms with Crippen LogP contribution in [0.2, 0.25) is 0 Å². The molecule has 1 heterocycles. The fourth-order valence-corrected chi connectivity index (χ4v) is 1.57. The van der Waals surface area contributed by atoms with E-state index in [0.717, 1.165) is 0 Å². The molecule has 0 saturated carbocycles. The molecule has 18 heavy (non-hydrogen) atoms. The van der Waals surface area contributed by atoms with Gasteiger partial charge in [-0.3, -0.25) is 4.79 Å². The van der Waals surface area contributed by atoms with Gasteiger partial charge in [-0.05, 0) is 20.8 Å². The van der Waals surface area contributed by atoms with E-state index in [0.29, 0.717) is 32.2 Å². The van der Waals surface area contributed by atoms with Crippen LogP contribution in [0, 0.1) is 5.92 Å². The average molecular weight is 258 g/mol. The molecule has 6 heteroatoms. The van der Waals surface area contributed by atoms with Crippen molar-refractivity contribution in [2.75, 3.05) is 26.3 Å². The first kappa shape index (κ1) is 14.8. The summed E-state index contributed by atoms with van der Waals surface area (Å²) in [6.45, 7) is 7.71. The van der Waals surface area contributed by atoms with Crippen molar-refractivity contribution in [3.63, 3.8) is 0 Å². The fourth-order valence-electron chi connectivity index (χ4n) is 1.57. The molecule has 0 spiro atoms. The molecule has 1 fully saturated rings. The van der Waals surface area contributed by atoms with Crippen molar-refractivity contribution in [1.29, 1.82) is 0 Å². The van der Waals surface area contributed by atoms with E-state index in [1.165, 1.54) is 0 Å². The van der Waals surface area contributed by atoms with Crippen molar-refractivity contribution in [2.24, 2.45) is 11.7 Å². The Hall–Kier alpha value is -1.30. The molecule has 0 aromatic carbocycles. The SMILES string of the molecule is CC(C)(C)OC(=O)N1CC(COCCC(N)=O)C1. The number of carbonyl (C=O) groups is 2. The molecule has 6 nitrogen and oxygen atoms in total. The van der Waals surface area contributed by atoms with Gasteiger partial charge in [-0.2, -0.15) is 0 Å². The largest absolute Gasteiger partial charge is 0.444 e. The Morgan fingerprint density at radius 2 is 1.94 bits per heavy atom. The van der Waals surface area contributed by atoms with Crippen molar-refractivity contribution in [3.8, 4) is 0 Å². The van der Waals surface area contributed by atoms with Crippen LogP contribution in [0.3, 0.4) is 0 Å².